The molecule has 1 amide bonds. The van der Waals surface area contributed by atoms with Crippen molar-refractivity contribution in [2.45, 2.75) is 11.9 Å². The molecule has 0 aliphatic rings. The third kappa shape index (κ3) is 4.17. The minimum atomic E-state index is -0.483. The Balaban J connectivity index is 1.54. The van der Waals surface area contributed by atoms with E-state index in [0.29, 0.717) is 5.69 Å². The van der Waals surface area contributed by atoms with Gasteiger partial charge in [-0.3, -0.25) is 14.9 Å². The maximum atomic E-state index is 12.5. The van der Waals surface area contributed by atoms with Crippen LogP contribution in [0.3, 0.4) is 0 Å². The van der Waals surface area contributed by atoms with E-state index in [9.17, 15) is 14.9 Å². The van der Waals surface area contributed by atoms with Gasteiger partial charge in [0, 0.05) is 23.1 Å². The average molecular weight is 437 g/mol. The molecule has 0 spiro atoms. The molecule has 30 heavy (non-hydrogen) atoms. The van der Waals surface area contributed by atoms with Crippen LogP contribution in [0.1, 0.15) is 5.56 Å². The molecule has 7 nitrogen and oxygen atoms in total. The van der Waals surface area contributed by atoms with E-state index in [1.807, 2.05) is 35.7 Å². The molecule has 1 N–H and O–H groups in total. The molecule has 2 aromatic carbocycles. The lowest BCUT2D eigenvalue weighted by Crippen LogP contribution is -2.15. The number of rotatable bonds is 6. The number of nitrogens with zero attached hydrogens (tertiary/aromatic N) is 3. The largest absolute Gasteiger partial charge is 0.325 e. The van der Waals surface area contributed by atoms with Gasteiger partial charge in [0.1, 0.15) is 16.2 Å². The summed E-state index contributed by atoms with van der Waals surface area (Å²) in [6.45, 7) is 1.79. The molecule has 0 bridgehead atoms. The number of thiophene rings is 1. The van der Waals surface area contributed by atoms with Gasteiger partial charge in [0.2, 0.25) is 5.91 Å². The minimum absolute atomic E-state index is 0.0631. The van der Waals surface area contributed by atoms with Crippen molar-refractivity contribution in [2.75, 3.05) is 11.1 Å². The Morgan fingerprint density at radius 3 is 2.77 bits per heavy atom. The topological polar surface area (TPSA) is 98.0 Å². The van der Waals surface area contributed by atoms with Crippen molar-refractivity contribution in [2.24, 2.45) is 0 Å². The Morgan fingerprint density at radius 1 is 1.20 bits per heavy atom. The van der Waals surface area contributed by atoms with E-state index < -0.39 is 4.92 Å². The first-order chi connectivity index (χ1) is 14.5. The number of non-ortho nitro benzene ring substituents is 1. The van der Waals surface area contributed by atoms with Crippen LogP contribution in [0.15, 0.2) is 65.3 Å². The molecule has 0 unspecified atom stereocenters. The van der Waals surface area contributed by atoms with Gasteiger partial charge in [-0.2, -0.15) is 0 Å². The monoisotopic (exact) mass is 436 g/mol. The Bertz CT molecular complexity index is 1240. The number of aryl methyl sites for hydroxylation is 1. The first-order valence-corrected chi connectivity index (χ1v) is 10.8. The highest BCUT2D eigenvalue weighted by Crippen LogP contribution is 2.37. The summed E-state index contributed by atoms with van der Waals surface area (Å²) in [6.07, 6.45) is 1.50. The number of anilines is 1. The molecule has 2 aromatic heterocycles. The Kier molecular flexibility index (Phi) is 5.73. The van der Waals surface area contributed by atoms with Crippen LogP contribution in [0.25, 0.3) is 21.3 Å². The number of thioether (sulfide) groups is 1. The van der Waals surface area contributed by atoms with Crippen molar-refractivity contribution in [3.05, 3.63) is 75.9 Å². The lowest BCUT2D eigenvalue weighted by atomic mass is 10.1. The van der Waals surface area contributed by atoms with Crippen LogP contribution >= 0.6 is 23.1 Å². The fourth-order valence-electron chi connectivity index (χ4n) is 2.97. The van der Waals surface area contributed by atoms with Gasteiger partial charge >= 0.3 is 0 Å². The van der Waals surface area contributed by atoms with E-state index in [2.05, 4.69) is 15.3 Å². The molecule has 0 aliphatic carbocycles. The van der Waals surface area contributed by atoms with E-state index >= 15 is 0 Å². The summed E-state index contributed by atoms with van der Waals surface area (Å²) in [5.74, 6) is -0.134. The van der Waals surface area contributed by atoms with Crippen LogP contribution < -0.4 is 5.32 Å². The summed E-state index contributed by atoms with van der Waals surface area (Å²) < 4.78 is 0. The number of amides is 1. The summed E-state index contributed by atoms with van der Waals surface area (Å²) in [6, 6.07) is 14.4. The molecule has 0 atom stereocenters. The number of carbonyl (C=O) groups excluding carboxylic acids is 1. The van der Waals surface area contributed by atoms with Gasteiger partial charge in [0.25, 0.3) is 5.69 Å². The number of benzene rings is 2. The Hall–Kier alpha value is -3.30. The Morgan fingerprint density at radius 2 is 2.00 bits per heavy atom. The molecule has 0 radical (unpaired) electrons. The van der Waals surface area contributed by atoms with E-state index in [1.165, 1.54) is 41.6 Å². The molecule has 150 valence electrons. The second-order valence-electron chi connectivity index (χ2n) is 6.47. The molecule has 4 rings (SSSR count). The SMILES string of the molecule is Cc1ccc([N+](=O)[O-])cc1NC(=O)CSc1ncnc2scc(-c3ccccc3)c12. The lowest BCUT2D eigenvalue weighted by Gasteiger charge is -2.09. The normalized spacial score (nSPS) is 10.8. The third-order valence-corrected chi connectivity index (χ3v) is 6.34. The summed E-state index contributed by atoms with van der Waals surface area (Å²) >= 11 is 2.85. The number of carbonyl (C=O) groups is 1. The van der Waals surface area contributed by atoms with Crippen LogP contribution in [0.4, 0.5) is 11.4 Å². The molecule has 0 aliphatic heterocycles. The standard InChI is InChI=1S/C21H16N4O3S2/c1-13-7-8-15(25(27)28)9-17(13)24-18(26)11-30-21-19-16(14-5-3-2-4-6-14)10-29-20(19)22-12-23-21/h2-10,12H,11H2,1H3,(H,24,26). The number of nitrogens with one attached hydrogen (secondary N) is 1. The van der Waals surface area contributed by atoms with Crippen LogP contribution in [0, 0.1) is 17.0 Å². The first-order valence-electron chi connectivity index (χ1n) is 8.98. The van der Waals surface area contributed by atoms with Crippen molar-refractivity contribution in [1.82, 2.24) is 9.97 Å². The summed E-state index contributed by atoms with van der Waals surface area (Å²) in [4.78, 5) is 32.6. The van der Waals surface area contributed by atoms with Crippen LogP contribution in [-0.2, 0) is 4.79 Å². The van der Waals surface area contributed by atoms with Gasteiger partial charge < -0.3 is 5.32 Å². The first kappa shape index (κ1) is 20.0. The quantitative estimate of drug-likeness (QED) is 0.190. The summed E-state index contributed by atoms with van der Waals surface area (Å²) in [7, 11) is 0. The zero-order valence-corrected chi connectivity index (χ0v) is 17.5. The van der Waals surface area contributed by atoms with E-state index in [1.54, 1.807) is 13.0 Å². The summed E-state index contributed by atoms with van der Waals surface area (Å²) in [5, 5.41) is 17.4. The van der Waals surface area contributed by atoms with Crippen LogP contribution in [0.5, 0.6) is 0 Å². The third-order valence-electron chi connectivity index (χ3n) is 4.47. The van der Waals surface area contributed by atoms with E-state index in [-0.39, 0.29) is 17.3 Å². The maximum absolute atomic E-state index is 12.5. The minimum Gasteiger partial charge on any atom is -0.325 e. The highest BCUT2D eigenvalue weighted by molar-refractivity contribution is 8.00. The number of hydrogen-bond donors (Lipinski definition) is 1. The number of hydrogen-bond acceptors (Lipinski definition) is 7. The molecular weight excluding hydrogens is 420 g/mol. The maximum Gasteiger partial charge on any atom is 0.271 e. The van der Waals surface area contributed by atoms with Crippen molar-refractivity contribution in [3.63, 3.8) is 0 Å². The molecule has 0 saturated carbocycles. The van der Waals surface area contributed by atoms with Gasteiger partial charge in [-0.15, -0.1) is 11.3 Å². The van der Waals surface area contributed by atoms with Crippen LogP contribution in [0.2, 0.25) is 0 Å². The second kappa shape index (κ2) is 8.60. The van der Waals surface area contributed by atoms with Gasteiger partial charge in [0.15, 0.2) is 0 Å². The number of fused-ring (bicyclic) bond motifs is 1. The van der Waals surface area contributed by atoms with Crippen molar-refractivity contribution >= 4 is 50.6 Å². The summed E-state index contributed by atoms with van der Waals surface area (Å²) in [5.41, 5.74) is 3.23. The fraction of sp³-hybridized carbons (Fsp3) is 0.0952. The van der Waals surface area contributed by atoms with Crippen LogP contribution in [-0.4, -0.2) is 26.6 Å². The predicted molar refractivity (Wildman–Crippen MR) is 120 cm³/mol. The molecule has 2 heterocycles. The smallest absolute Gasteiger partial charge is 0.271 e. The number of nitro groups is 1. The highest BCUT2D eigenvalue weighted by Gasteiger charge is 2.16. The Labute approximate surface area is 180 Å². The molecule has 0 fully saturated rings. The number of aromatic nitrogens is 2. The van der Waals surface area contributed by atoms with E-state index in [0.717, 1.165) is 31.9 Å². The van der Waals surface area contributed by atoms with Gasteiger partial charge in [-0.05, 0) is 18.1 Å². The molecule has 4 aromatic rings. The lowest BCUT2D eigenvalue weighted by molar-refractivity contribution is -0.384. The van der Waals surface area contributed by atoms with Crippen molar-refractivity contribution in [3.8, 4) is 11.1 Å². The van der Waals surface area contributed by atoms with Gasteiger partial charge in [0.05, 0.1) is 21.7 Å². The van der Waals surface area contributed by atoms with Crippen molar-refractivity contribution in [1.29, 1.82) is 0 Å². The predicted octanol–water partition coefficient (Wildman–Crippen LogP) is 5.31. The zero-order chi connectivity index (χ0) is 21.1. The van der Waals surface area contributed by atoms with E-state index in [4.69, 9.17) is 0 Å². The number of nitro benzene ring substituents is 1. The second-order valence-corrected chi connectivity index (χ2v) is 8.29. The fourth-order valence-corrected chi connectivity index (χ4v) is 4.76. The van der Waals surface area contributed by atoms with Crippen molar-refractivity contribution < 1.29 is 9.72 Å². The zero-order valence-electron chi connectivity index (χ0n) is 15.9. The average Bonchev–Trinajstić information content (AvgIpc) is 3.19. The van der Waals surface area contributed by atoms with Gasteiger partial charge in [-0.1, -0.05) is 48.2 Å². The highest BCUT2D eigenvalue weighted by atomic mass is 32.2. The molecular formula is C21H16N4O3S2. The molecule has 0 saturated heterocycles. The van der Waals surface area contributed by atoms with Gasteiger partial charge in [-0.25, -0.2) is 9.97 Å². The molecule has 9 heteroatoms.